The first kappa shape index (κ1) is 28.5. The summed E-state index contributed by atoms with van der Waals surface area (Å²) in [6, 6.07) is 18.6. The Morgan fingerprint density at radius 1 is 1.11 bits per heavy atom. The third-order valence-corrected chi connectivity index (χ3v) is 7.61. The second-order valence-corrected chi connectivity index (χ2v) is 10.5. The van der Waals surface area contributed by atoms with Gasteiger partial charge in [-0.1, -0.05) is 73.2 Å². The molecule has 200 valence electrons. The van der Waals surface area contributed by atoms with Crippen LogP contribution in [0.1, 0.15) is 62.1 Å². The van der Waals surface area contributed by atoms with E-state index in [0.29, 0.717) is 13.0 Å². The van der Waals surface area contributed by atoms with Crippen LogP contribution in [-0.2, 0) is 21.6 Å². The lowest BCUT2D eigenvalue weighted by Gasteiger charge is -2.39. The first-order chi connectivity index (χ1) is 17.8. The molecule has 1 atom stereocenters. The summed E-state index contributed by atoms with van der Waals surface area (Å²) >= 11 is 0. The number of benzene rings is 2. The van der Waals surface area contributed by atoms with E-state index in [9.17, 15) is 9.59 Å². The summed E-state index contributed by atoms with van der Waals surface area (Å²) in [4.78, 5) is 28.3. The number of aliphatic carboxylic acids is 1. The smallest absolute Gasteiger partial charge is 0.410 e. The minimum absolute atomic E-state index is 0.0672. The molecule has 0 saturated carbocycles. The van der Waals surface area contributed by atoms with Crippen molar-refractivity contribution in [1.29, 1.82) is 0 Å². The Balaban J connectivity index is 1.52. The second kappa shape index (κ2) is 14.0. The average molecular weight is 507 g/mol. The van der Waals surface area contributed by atoms with Crippen LogP contribution < -0.4 is 0 Å². The quantitative estimate of drug-likeness (QED) is 0.328. The van der Waals surface area contributed by atoms with Gasteiger partial charge < -0.3 is 19.6 Å². The van der Waals surface area contributed by atoms with Crippen LogP contribution in [0.3, 0.4) is 0 Å². The maximum Gasteiger partial charge on any atom is 0.410 e. The van der Waals surface area contributed by atoms with Gasteiger partial charge in [0.25, 0.3) is 0 Å². The highest BCUT2D eigenvalue weighted by Crippen LogP contribution is 2.34. The monoisotopic (exact) mass is 506 g/mol. The fraction of sp³-hybridized carbons (Fsp3) is 0.484. The lowest BCUT2D eigenvalue weighted by Crippen LogP contribution is -2.48. The summed E-state index contributed by atoms with van der Waals surface area (Å²) in [5.74, 6) is -0.737. The first-order valence-corrected chi connectivity index (χ1v) is 13.4. The van der Waals surface area contributed by atoms with Crippen LogP contribution in [0.2, 0.25) is 0 Å². The zero-order valence-electron chi connectivity index (χ0n) is 22.4. The van der Waals surface area contributed by atoms with Gasteiger partial charge >= 0.3 is 12.1 Å². The predicted octanol–water partition coefficient (Wildman–Crippen LogP) is 6.19. The molecule has 1 aliphatic rings. The average Bonchev–Trinajstić information content (AvgIpc) is 2.91. The third kappa shape index (κ3) is 8.74. The van der Waals surface area contributed by atoms with Gasteiger partial charge in [0.2, 0.25) is 0 Å². The zero-order chi connectivity index (χ0) is 26.7. The number of carbonyl (C=O) groups excluding carboxylic acids is 1. The highest BCUT2D eigenvalue weighted by Gasteiger charge is 2.31. The van der Waals surface area contributed by atoms with Gasteiger partial charge in [-0.15, -0.1) is 6.58 Å². The molecular weight excluding hydrogens is 464 g/mol. The van der Waals surface area contributed by atoms with E-state index in [1.807, 2.05) is 42.2 Å². The van der Waals surface area contributed by atoms with Crippen molar-refractivity contribution in [2.24, 2.45) is 0 Å². The SMILES string of the molecule is C=CCN(C(=O)OCc1ccc(C)cc1)C1CCN(CCC(C)(CCCC(=O)O)c2ccccc2)CC1. The third-order valence-electron chi connectivity index (χ3n) is 7.61. The molecule has 1 saturated heterocycles. The summed E-state index contributed by atoms with van der Waals surface area (Å²) in [6.45, 7) is 11.7. The number of ether oxygens (including phenoxy) is 1. The van der Waals surface area contributed by atoms with Crippen molar-refractivity contribution in [3.8, 4) is 0 Å². The molecule has 0 radical (unpaired) electrons. The number of piperidine rings is 1. The lowest BCUT2D eigenvalue weighted by atomic mass is 9.75. The van der Waals surface area contributed by atoms with Crippen molar-refractivity contribution >= 4 is 12.1 Å². The number of hydrogen-bond donors (Lipinski definition) is 1. The number of aryl methyl sites for hydroxylation is 1. The summed E-state index contributed by atoms with van der Waals surface area (Å²) in [5, 5.41) is 9.11. The van der Waals surface area contributed by atoms with E-state index in [0.717, 1.165) is 50.9 Å². The molecule has 1 fully saturated rings. The number of amides is 1. The fourth-order valence-electron chi connectivity index (χ4n) is 5.17. The van der Waals surface area contributed by atoms with E-state index < -0.39 is 5.97 Å². The van der Waals surface area contributed by atoms with Crippen molar-refractivity contribution in [1.82, 2.24) is 9.80 Å². The number of nitrogens with zero attached hydrogens (tertiary/aromatic N) is 2. The number of carboxylic acids is 1. The molecule has 1 unspecified atom stereocenters. The second-order valence-electron chi connectivity index (χ2n) is 10.5. The topological polar surface area (TPSA) is 70.1 Å². The minimum Gasteiger partial charge on any atom is -0.481 e. The van der Waals surface area contributed by atoms with Gasteiger partial charge in [-0.2, -0.15) is 0 Å². The van der Waals surface area contributed by atoms with Crippen molar-refractivity contribution in [2.45, 2.75) is 70.4 Å². The van der Waals surface area contributed by atoms with Gasteiger partial charge in [0.1, 0.15) is 6.61 Å². The molecule has 0 aliphatic carbocycles. The molecule has 0 bridgehead atoms. The Hall–Kier alpha value is -3.12. The first-order valence-electron chi connectivity index (χ1n) is 13.4. The van der Waals surface area contributed by atoms with Gasteiger partial charge in [-0.05, 0) is 62.1 Å². The van der Waals surface area contributed by atoms with Crippen molar-refractivity contribution < 1.29 is 19.4 Å². The van der Waals surface area contributed by atoms with Gasteiger partial charge in [0.15, 0.2) is 0 Å². The van der Waals surface area contributed by atoms with Gasteiger partial charge in [-0.3, -0.25) is 4.79 Å². The predicted molar refractivity (Wildman–Crippen MR) is 148 cm³/mol. The number of carbonyl (C=O) groups is 2. The van der Waals surface area contributed by atoms with Crippen LogP contribution in [-0.4, -0.2) is 59.2 Å². The maximum absolute atomic E-state index is 12.9. The van der Waals surface area contributed by atoms with E-state index in [4.69, 9.17) is 9.84 Å². The Kier molecular flexibility index (Phi) is 10.8. The summed E-state index contributed by atoms with van der Waals surface area (Å²) in [7, 11) is 0. The van der Waals surface area contributed by atoms with E-state index in [1.165, 1.54) is 11.1 Å². The van der Waals surface area contributed by atoms with Crippen LogP contribution in [0.5, 0.6) is 0 Å². The van der Waals surface area contributed by atoms with Crippen LogP contribution in [0, 0.1) is 6.92 Å². The highest BCUT2D eigenvalue weighted by molar-refractivity contribution is 5.68. The molecule has 0 aromatic heterocycles. The van der Waals surface area contributed by atoms with Crippen molar-refractivity contribution in [3.05, 3.63) is 83.9 Å². The maximum atomic E-state index is 12.9. The summed E-state index contributed by atoms with van der Waals surface area (Å²) < 4.78 is 5.64. The number of carboxylic acid groups (broad SMARTS) is 1. The summed E-state index contributed by atoms with van der Waals surface area (Å²) in [6.07, 6.45) is 5.96. The molecule has 6 heteroatoms. The lowest BCUT2D eigenvalue weighted by molar-refractivity contribution is -0.137. The standard InChI is InChI=1S/C31H42N2O4/c1-4-20-33(30(36)37-24-26-14-12-25(2)13-15-26)28-16-21-32(22-17-28)23-19-31(3,18-8-11-29(34)35)27-9-6-5-7-10-27/h4-7,9-10,12-15,28H,1,8,11,16-24H2,2-3H3,(H,34,35). The fourth-order valence-corrected chi connectivity index (χ4v) is 5.17. The molecule has 0 spiro atoms. The number of hydrogen-bond acceptors (Lipinski definition) is 4. The molecule has 6 nitrogen and oxygen atoms in total. The molecule has 37 heavy (non-hydrogen) atoms. The normalized spacial score (nSPS) is 16.1. The van der Waals surface area contributed by atoms with Crippen LogP contribution in [0.25, 0.3) is 0 Å². The molecule has 2 aromatic carbocycles. The Bertz CT molecular complexity index is 1000. The number of likely N-dealkylation sites (tertiary alicyclic amines) is 1. The molecular formula is C31H42N2O4. The minimum atomic E-state index is -0.737. The molecule has 1 heterocycles. The summed E-state index contributed by atoms with van der Waals surface area (Å²) in [5.41, 5.74) is 3.36. The van der Waals surface area contributed by atoms with Crippen LogP contribution in [0.15, 0.2) is 67.3 Å². The zero-order valence-corrected chi connectivity index (χ0v) is 22.4. The van der Waals surface area contributed by atoms with E-state index in [2.05, 4.69) is 42.7 Å². The molecule has 1 amide bonds. The van der Waals surface area contributed by atoms with Gasteiger partial charge in [-0.25, -0.2) is 4.79 Å². The van der Waals surface area contributed by atoms with Gasteiger partial charge in [0, 0.05) is 32.1 Å². The molecule has 2 aromatic rings. The van der Waals surface area contributed by atoms with Crippen LogP contribution >= 0.6 is 0 Å². The molecule has 3 rings (SSSR count). The van der Waals surface area contributed by atoms with Gasteiger partial charge in [0.05, 0.1) is 0 Å². The molecule has 1 aliphatic heterocycles. The van der Waals surface area contributed by atoms with Crippen molar-refractivity contribution in [2.75, 3.05) is 26.2 Å². The highest BCUT2D eigenvalue weighted by atomic mass is 16.6. The Morgan fingerprint density at radius 3 is 2.41 bits per heavy atom. The van der Waals surface area contributed by atoms with E-state index in [-0.39, 0.29) is 30.6 Å². The van der Waals surface area contributed by atoms with E-state index in [1.54, 1.807) is 6.08 Å². The Morgan fingerprint density at radius 2 is 1.78 bits per heavy atom. The number of rotatable bonds is 13. The Labute approximate surface area is 221 Å². The van der Waals surface area contributed by atoms with Crippen LogP contribution in [0.4, 0.5) is 4.79 Å². The largest absolute Gasteiger partial charge is 0.481 e. The molecule has 1 N–H and O–H groups in total. The van der Waals surface area contributed by atoms with E-state index >= 15 is 0 Å². The van der Waals surface area contributed by atoms with Crippen molar-refractivity contribution in [3.63, 3.8) is 0 Å².